The van der Waals surface area contributed by atoms with Gasteiger partial charge in [-0.15, -0.1) is 22.9 Å². The molecule has 0 radical (unpaired) electrons. The van der Waals surface area contributed by atoms with Gasteiger partial charge in [-0.1, -0.05) is 12.1 Å². The number of thiophene rings is 1. The summed E-state index contributed by atoms with van der Waals surface area (Å²) in [6.45, 7) is 0. The van der Waals surface area contributed by atoms with Crippen molar-refractivity contribution in [3.8, 4) is 0 Å². The molecule has 0 saturated carbocycles. The van der Waals surface area contributed by atoms with Gasteiger partial charge in [0.2, 0.25) is 0 Å². The van der Waals surface area contributed by atoms with E-state index in [4.69, 9.17) is 11.6 Å². The van der Waals surface area contributed by atoms with Gasteiger partial charge >= 0.3 is 0 Å². The summed E-state index contributed by atoms with van der Waals surface area (Å²) in [5, 5.41) is -0.281. The fourth-order valence-electron chi connectivity index (χ4n) is 1.29. The van der Waals surface area contributed by atoms with Crippen LogP contribution in [-0.4, -0.2) is 0 Å². The standard InChI is InChI=1S/C11H7BrClFS/c12-10-5-4-9(15-10)11(13)7-2-1-3-8(14)6-7/h1-6,11H. The Hall–Kier alpha value is -0.380. The van der Waals surface area contributed by atoms with Gasteiger partial charge in [0, 0.05) is 4.88 Å². The van der Waals surface area contributed by atoms with Crippen LogP contribution in [-0.2, 0) is 0 Å². The Morgan fingerprint density at radius 3 is 2.67 bits per heavy atom. The second kappa shape index (κ2) is 4.64. The summed E-state index contributed by atoms with van der Waals surface area (Å²) in [6.07, 6.45) is 0. The van der Waals surface area contributed by atoms with Gasteiger partial charge < -0.3 is 0 Å². The maximum atomic E-state index is 13.0. The third-order valence-corrected chi connectivity index (χ3v) is 4.29. The van der Waals surface area contributed by atoms with E-state index in [1.54, 1.807) is 17.4 Å². The maximum absolute atomic E-state index is 13.0. The minimum Gasteiger partial charge on any atom is -0.207 e. The molecule has 0 spiro atoms. The van der Waals surface area contributed by atoms with Crippen LogP contribution in [0.5, 0.6) is 0 Å². The van der Waals surface area contributed by atoms with Crippen molar-refractivity contribution in [1.82, 2.24) is 0 Å². The van der Waals surface area contributed by atoms with Crippen molar-refractivity contribution in [3.05, 3.63) is 56.4 Å². The molecule has 0 amide bonds. The van der Waals surface area contributed by atoms with Crippen molar-refractivity contribution in [2.24, 2.45) is 0 Å². The lowest BCUT2D eigenvalue weighted by molar-refractivity contribution is 0.626. The molecule has 1 heterocycles. The average molecular weight is 306 g/mol. The molecule has 0 bridgehead atoms. The lowest BCUT2D eigenvalue weighted by Gasteiger charge is -2.06. The predicted octanol–water partition coefficient (Wildman–Crippen LogP) is 4.98. The molecule has 0 aliphatic carbocycles. The number of rotatable bonds is 2. The molecular weight excluding hydrogens is 299 g/mol. The third-order valence-electron chi connectivity index (χ3n) is 1.99. The van der Waals surface area contributed by atoms with Gasteiger partial charge in [-0.05, 0) is 45.8 Å². The van der Waals surface area contributed by atoms with Gasteiger partial charge in [0.1, 0.15) is 5.82 Å². The van der Waals surface area contributed by atoms with E-state index in [-0.39, 0.29) is 11.2 Å². The molecule has 0 aliphatic heterocycles. The highest BCUT2D eigenvalue weighted by Crippen LogP contribution is 2.35. The van der Waals surface area contributed by atoms with Gasteiger partial charge in [0.25, 0.3) is 0 Å². The van der Waals surface area contributed by atoms with Crippen molar-refractivity contribution in [2.45, 2.75) is 5.38 Å². The first-order valence-electron chi connectivity index (χ1n) is 4.31. The summed E-state index contributed by atoms with van der Waals surface area (Å²) in [5.74, 6) is -0.256. The molecule has 1 aromatic carbocycles. The molecule has 2 rings (SSSR count). The van der Waals surface area contributed by atoms with Crippen LogP contribution in [0.3, 0.4) is 0 Å². The molecular formula is C11H7BrClFS. The van der Waals surface area contributed by atoms with Crippen molar-refractivity contribution in [2.75, 3.05) is 0 Å². The molecule has 0 fully saturated rings. The van der Waals surface area contributed by atoms with E-state index in [0.717, 1.165) is 14.2 Å². The van der Waals surface area contributed by atoms with Gasteiger partial charge in [0.15, 0.2) is 0 Å². The van der Waals surface area contributed by atoms with Crippen LogP contribution >= 0.6 is 38.9 Å². The average Bonchev–Trinajstić information content (AvgIpc) is 2.64. The van der Waals surface area contributed by atoms with Crippen LogP contribution in [0, 0.1) is 5.82 Å². The Balaban J connectivity index is 2.32. The monoisotopic (exact) mass is 304 g/mol. The zero-order chi connectivity index (χ0) is 10.8. The second-order valence-electron chi connectivity index (χ2n) is 3.06. The summed E-state index contributed by atoms with van der Waals surface area (Å²) >= 11 is 11.2. The molecule has 1 aromatic heterocycles. The molecule has 4 heteroatoms. The summed E-state index contributed by atoms with van der Waals surface area (Å²) in [5.41, 5.74) is 0.783. The van der Waals surface area contributed by atoms with Gasteiger partial charge in [-0.3, -0.25) is 0 Å². The Kier molecular flexibility index (Phi) is 3.44. The topological polar surface area (TPSA) is 0 Å². The van der Waals surface area contributed by atoms with Crippen LogP contribution in [0.25, 0.3) is 0 Å². The summed E-state index contributed by atoms with van der Waals surface area (Å²) < 4.78 is 14.0. The molecule has 0 aliphatic rings. The number of benzene rings is 1. The van der Waals surface area contributed by atoms with E-state index in [1.807, 2.05) is 18.2 Å². The number of hydrogen-bond donors (Lipinski definition) is 0. The van der Waals surface area contributed by atoms with E-state index in [1.165, 1.54) is 12.1 Å². The first-order chi connectivity index (χ1) is 7.16. The molecule has 0 nitrogen and oxygen atoms in total. The lowest BCUT2D eigenvalue weighted by Crippen LogP contribution is -1.90. The second-order valence-corrected chi connectivity index (χ2v) is 5.99. The normalized spacial score (nSPS) is 12.7. The first-order valence-corrected chi connectivity index (χ1v) is 6.36. The van der Waals surface area contributed by atoms with Crippen molar-refractivity contribution >= 4 is 38.9 Å². The largest absolute Gasteiger partial charge is 0.207 e. The molecule has 1 atom stereocenters. The smallest absolute Gasteiger partial charge is 0.123 e. The quantitative estimate of drug-likeness (QED) is 0.687. The Morgan fingerprint density at radius 2 is 2.07 bits per heavy atom. The molecule has 1 unspecified atom stereocenters. The van der Waals surface area contributed by atoms with Gasteiger partial charge in [-0.2, -0.15) is 0 Å². The van der Waals surface area contributed by atoms with Gasteiger partial charge in [-0.25, -0.2) is 4.39 Å². The van der Waals surface area contributed by atoms with E-state index >= 15 is 0 Å². The Labute approximate surface area is 105 Å². The van der Waals surface area contributed by atoms with Crippen LogP contribution in [0.1, 0.15) is 15.8 Å². The van der Waals surface area contributed by atoms with Crippen LogP contribution in [0.2, 0.25) is 0 Å². The maximum Gasteiger partial charge on any atom is 0.123 e. The van der Waals surface area contributed by atoms with E-state index < -0.39 is 0 Å². The van der Waals surface area contributed by atoms with Crippen LogP contribution in [0.15, 0.2) is 40.2 Å². The van der Waals surface area contributed by atoms with E-state index in [2.05, 4.69) is 15.9 Å². The zero-order valence-electron chi connectivity index (χ0n) is 7.58. The summed E-state index contributed by atoms with van der Waals surface area (Å²) in [6, 6.07) is 10.3. The molecule has 0 saturated heterocycles. The fraction of sp³-hybridized carbons (Fsp3) is 0.0909. The number of alkyl halides is 1. The highest BCUT2D eigenvalue weighted by Gasteiger charge is 2.13. The highest BCUT2D eigenvalue weighted by molar-refractivity contribution is 9.11. The molecule has 15 heavy (non-hydrogen) atoms. The van der Waals surface area contributed by atoms with E-state index in [9.17, 15) is 4.39 Å². The third kappa shape index (κ3) is 2.60. The number of halogens is 3. The SMILES string of the molecule is Fc1cccc(C(Cl)c2ccc(Br)s2)c1. The van der Waals surface area contributed by atoms with Crippen LogP contribution < -0.4 is 0 Å². The number of hydrogen-bond acceptors (Lipinski definition) is 1. The first kappa shape index (κ1) is 11.1. The highest BCUT2D eigenvalue weighted by atomic mass is 79.9. The molecule has 78 valence electrons. The van der Waals surface area contributed by atoms with E-state index in [0.29, 0.717) is 0 Å². The van der Waals surface area contributed by atoms with Crippen molar-refractivity contribution in [3.63, 3.8) is 0 Å². The molecule has 0 N–H and O–H groups in total. The minimum absolute atomic E-state index is 0.256. The Bertz CT molecular complexity index is 469. The zero-order valence-corrected chi connectivity index (χ0v) is 10.7. The van der Waals surface area contributed by atoms with Crippen molar-refractivity contribution in [1.29, 1.82) is 0 Å². The fourth-order valence-corrected chi connectivity index (χ4v) is 3.06. The summed E-state index contributed by atoms with van der Waals surface area (Å²) in [4.78, 5) is 1.01. The predicted molar refractivity (Wildman–Crippen MR) is 66.1 cm³/mol. The van der Waals surface area contributed by atoms with Gasteiger partial charge in [0.05, 0.1) is 9.16 Å². The Morgan fingerprint density at radius 1 is 1.27 bits per heavy atom. The van der Waals surface area contributed by atoms with Crippen molar-refractivity contribution < 1.29 is 4.39 Å². The molecule has 2 aromatic rings. The lowest BCUT2D eigenvalue weighted by atomic mass is 10.1. The summed E-state index contributed by atoms with van der Waals surface area (Å²) in [7, 11) is 0. The van der Waals surface area contributed by atoms with Crippen LogP contribution in [0.4, 0.5) is 4.39 Å². The minimum atomic E-state index is -0.281.